The third-order valence-corrected chi connectivity index (χ3v) is 3.89. The maximum Gasteiger partial charge on any atom is 0.104 e. The minimum atomic E-state index is -0.564. The van der Waals surface area contributed by atoms with Gasteiger partial charge in [0.15, 0.2) is 0 Å². The first kappa shape index (κ1) is 13.8. The van der Waals surface area contributed by atoms with Crippen molar-refractivity contribution in [3.8, 4) is 0 Å². The minimum absolute atomic E-state index is 0.564. The highest BCUT2D eigenvalue weighted by atomic mass is 16.3. The van der Waals surface area contributed by atoms with Crippen LogP contribution in [0.15, 0.2) is 66.7 Å². The Bertz CT molecular complexity index is 745. The van der Waals surface area contributed by atoms with Gasteiger partial charge in [0, 0.05) is 0 Å². The van der Waals surface area contributed by atoms with Crippen LogP contribution in [0.25, 0.3) is 10.8 Å². The quantitative estimate of drug-likeness (QED) is 0.720. The van der Waals surface area contributed by atoms with Gasteiger partial charge in [-0.15, -0.1) is 0 Å². The standard InChI is InChI=1S/C20H20O/c1-2-6-15-7-5-10-18(13-15)20(21)19-12-11-16-8-3-4-9-17(16)14-19/h3-5,7-14,20-21H,2,6H2,1H3. The van der Waals surface area contributed by atoms with Gasteiger partial charge in [-0.3, -0.25) is 0 Å². The molecule has 0 heterocycles. The summed E-state index contributed by atoms with van der Waals surface area (Å²) in [4.78, 5) is 0. The SMILES string of the molecule is CCCc1cccc(C(O)c2ccc3ccccc3c2)c1. The highest BCUT2D eigenvalue weighted by Crippen LogP contribution is 2.26. The number of aliphatic hydroxyl groups is 1. The fourth-order valence-corrected chi connectivity index (χ4v) is 2.78. The Kier molecular flexibility index (Phi) is 4.03. The number of hydrogen-bond donors (Lipinski definition) is 1. The molecule has 106 valence electrons. The molecule has 1 nitrogen and oxygen atoms in total. The lowest BCUT2D eigenvalue weighted by atomic mass is 9.96. The van der Waals surface area contributed by atoms with Crippen molar-refractivity contribution in [2.45, 2.75) is 25.9 Å². The summed E-state index contributed by atoms with van der Waals surface area (Å²) in [5, 5.41) is 13.0. The van der Waals surface area contributed by atoms with E-state index in [-0.39, 0.29) is 0 Å². The summed E-state index contributed by atoms with van der Waals surface area (Å²) >= 11 is 0. The first-order valence-corrected chi connectivity index (χ1v) is 7.53. The molecule has 0 aromatic heterocycles. The molecule has 0 aliphatic heterocycles. The van der Waals surface area contributed by atoms with Crippen LogP contribution < -0.4 is 0 Å². The van der Waals surface area contributed by atoms with E-state index in [1.807, 2.05) is 30.3 Å². The van der Waals surface area contributed by atoms with Crippen molar-refractivity contribution >= 4 is 10.8 Å². The summed E-state index contributed by atoms with van der Waals surface area (Å²) in [5.74, 6) is 0. The topological polar surface area (TPSA) is 20.2 Å². The Hall–Kier alpha value is -2.12. The second kappa shape index (κ2) is 6.11. The van der Waals surface area contributed by atoms with E-state index in [0.717, 1.165) is 24.0 Å². The molecule has 0 radical (unpaired) electrons. The van der Waals surface area contributed by atoms with E-state index in [0.29, 0.717) is 0 Å². The first-order chi connectivity index (χ1) is 10.3. The van der Waals surface area contributed by atoms with Gasteiger partial charge in [0.1, 0.15) is 6.10 Å². The summed E-state index contributed by atoms with van der Waals surface area (Å²) in [6.45, 7) is 2.17. The van der Waals surface area contributed by atoms with Crippen molar-refractivity contribution in [3.05, 3.63) is 83.4 Å². The fraction of sp³-hybridized carbons (Fsp3) is 0.200. The third kappa shape index (κ3) is 2.98. The second-order valence-electron chi connectivity index (χ2n) is 5.50. The van der Waals surface area contributed by atoms with Crippen LogP contribution in [-0.2, 0) is 6.42 Å². The number of rotatable bonds is 4. The monoisotopic (exact) mass is 276 g/mol. The maximum atomic E-state index is 10.6. The van der Waals surface area contributed by atoms with Crippen LogP contribution in [0.2, 0.25) is 0 Å². The van der Waals surface area contributed by atoms with E-state index in [9.17, 15) is 5.11 Å². The fourth-order valence-electron chi connectivity index (χ4n) is 2.78. The zero-order valence-electron chi connectivity index (χ0n) is 12.3. The Labute approximate surface area is 125 Å². The summed E-state index contributed by atoms with van der Waals surface area (Å²) in [5.41, 5.74) is 3.20. The number of benzene rings is 3. The summed E-state index contributed by atoms with van der Waals surface area (Å²) in [7, 11) is 0. The van der Waals surface area contributed by atoms with Gasteiger partial charge < -0.3 is 5.11 Å². The van der Waals surface area contributed by atoms with Gasteiger partial charge in [-0.05, 0) is 39.9 Å². The Morgan fingerprint density at radius 2 is 1.57 bits per heavy atom. The van der Waals surface area contributed by atoms with Crippen molar-refractivity contribution in [2.75, 3.05) is 0 Å². The highest BCUT2D eigenvalue weighted by Gasteiger charge is 2.11. The van der Waals surface area contributed by atoms with Gasteiger partial charge >= 0.3 is 0 Å². The molecule has 0 bridgehead atoms. The molecule has 1 N–H and O–H groups in total. The van der Waals surface area contributed by atoms with Crippen LogP contribution in [0.1, 0.15) is 36.1 Å². The predicted molar refractivity (Wildman–Crippen MR) is 88.4 cm³/mol. The number of aryl methyl sites for hydroxylation is 1. The lowest BCUT2D eigenvalue weighted by molar-refractivity contribution is 0.220. The molecule has 0 spiro atoms. The summed E-state index contributed by atoms with van der Waals surface area (Å²) in [6.07, 6.45) is 1.61. The molecule has 1 atom stereocenters. The lowest BCUT2D eigenvalue weighted by Gasteiger charge is -2.13. The molecule has 3 aromatic carbocycles. The van der Waals surface area contributed by atoms with Crippen molar-refractivity contribution < 1.29 is 5.11 Å². The minimum Gasteiger partial charge on any atom is -0.384 e. The van der Waals surface area contributed by atoms with Crippen molar-refractivity contribution in [1.29, 1.82) is 0 Å². The van der Waals surface area contributed by atoms with Gasteiger partial charge in [0.25, 0.3) is 0 Å². The molecule has 0 fully saturated rings. The summed E-state index contributed by atoms with van der Waals surface area (Å²) in [6, 6.07) is 22.7. The molecule has 0 saturated carbocycles. The average molecular weight is 276 g/mol. The van der Waals surface area contributed by atoms with Gasteiger partial charge in [-0.25, -0.2) is 0 Å². The second-order valence-corrected chi connectivity index (χ2v) is 5.50. The lowest BCUT2D eigenvalue weighted by Crippen LogP contribution is -2.00. The zero-order valence-corrected chi connectivity index (χ0v) is 12.3. The smallest absolute Gasteiger partial charge is 0.104 e. The molecule has 3 rings (SSSR count). The summed E-state index contributed by atoms with van der Waals surface area (Å²) < 4.78 is 0. The zero-order chi connectivity index (χ0) is 14.7. The van der Waals surface area contributed by atoms with E-state index in [4.69, 9.17) is 0 Å². The Balaban J connectivity index is 1.95. The van der Waals surface area contributed by atoms with Gasteiger partial charge in [-0.2, -0.15) is 0 Å². The van der Waals surface area contributed by atoms with E-state index in [1.165, 1.54) is 16.3 Å². The molecule has 3 aromatic rings. The molecule has 1 heteroatoms. The molecule has 21 heavy (non-hydrogen) atoms. The molecule has 1 unspecified atom stereocenters. The molecular weight excluding hydrogens is 256 g/mol. The van der Waals surface area contributed by atoms with Gasteiger partial charge in [0.2, 0.25) is 0 Å². The molecule has 0 aliphatic carbocycles. The predicted octanol–water partition coefficient (Wildman–Crippen LogP) is 4.87. The van der Waals surface area contributed by atoms with Crippen LogP contribution in [-0.4, -0.2) is 5.11 Å². The van der Waals surface area contributed by atoms with E-state index in [1.54, 1.807) is 0 Å². The average Bonchev–Trinajstić information content (AvgIpc) is 2.54. The van der Waals surface area contributed by atoms with E-state index >= 15 is 0 Å². The number of hydrogen-bond acceptors (Lipinski definition) is 1. The third-order valence-electron chi connectivity index (χ3n) is 3.89. The highest BCUT2D eigenvalue weighted by molar-refractivity contribution is 5.83. The van der Waals surface area contributed by atoms with Crippen LogP contribution in [0.5, 0.6) is 0 Å². The van der Waals surface area contributed by atoms with Gasteiger partial charge in [-0.1, -0.05) is 74.0 Å². The van der Waals surface area contributed by atoms with Crippen LogP contribution in [0.3, 0.4) is 0 Å². The van der Waals surface area contributed by atoms with Crippen molar-refractivity contribution in [3.63, 3.8) is 0 Å². The van der Waals surface area contributed by atoms with Crippen LogP contribution >= 0.6 is 0 Å². The van der Waals surface area contributed by atoms with Crippen LogP contribution in [0.4, 0.5) is 0 Å². The maximum absolute atomic E-state index is 10.6. The van der Waals surface area contributed by atoms with Crippen LogP contribution in [0, 0.1) is 0 Å². The molecule has 0 amide bonds. The Morgan fingerprint density at radius 1 is 0.810 bits per heavy atom. The first-order valence-electron chi connectivity index (χ1n) is 7.53. The normalized spacial score (nSPS) is 12.5. The Morgan fingerprint density at radius 3 is 2.38 bits per heavy atom. The van der Waals surface area contributed by atoms with E-state index in [2.05, 4.69) is 43.3 Å². The number of aliphatic hydroxyl groups excluding tert-OH is 1. The number of fused-ring (bicyclic) bond motifs is 1. The van der Waals surface area contributed by atoms with Crippen molar-refractivity contribution in [2.24, 2.45) is 0 Å². The van der Waals surface area contributed by atoms with Gasteiger partial charge in [0.05, 0.1) is 0 Å². The molecule has 0 aliphatic rings. The molecule has 0 saturated heterocycles. The largest absolute Gasteiger partial charge is 0.384 e. The molecular formula is C20H20O. The van der Waals surface area contributed by atoms with E-state index < -0.39 is 6.10 Å². The van der Waals surface area contributed by atoms with Crippen molar-refractivity contribution in [1.82, 2.24) is 0 Å².